The molecule has 0 aliphatic rings. The molecule has 4 rings (SSSR count). The molecular formula is C32H24F6O4. The molecule has 0 aromatic heterocycles. The summed E-state index contributed by atoms with van der Waals surface area (Å²) in [5.41, 5.74) is 1.25. The molecule has 0 unspecified atom stereocenters. The summed E-state index contributed by atoms with van der Waals surface area (Å²) in [5, 5.41) is 0. The zero-order valence-electron chi connectivity index (χ0n) is 23.4. The van der Waals surface area contributed by atoms with E-state index < -0.39 is 46.8 Å². The van der Waals surface area contributed by atoms with Crippen LogP contribution >= 0.6 is 0 Å². The minimum absolute atomic E-state index is 0.0325. The van der Waals surface area contributed by atoms with Crippen LogP contribution in [0.4, 0.5) is 26.3 Å². The van der Waals surface area contributed by atoms with Gasteiger partial charge in [0, 0.05) is 11.1 Å². The fraction of sp³-hybridized carbons (Fsp3) is 0.188. The van der Waals surface area contributed by atoms with Crippen LogP contribution in [0.3, 0.4) is 0 Å². The summed E-state index contributed by atoms with van der Waals surface area (Å²) < 4.78 is 95.1. The molecule has 0 aliphatic carbocycles. The lowest BCUT2D eigenvalue weighted by molar-refractivity contribution is 0.0590. The highest BCUT2D eigenvalue weighted by Crippen LogP contribution is 2.44. The van der Waals surface area contributed by atoms with Crippen LogP contribution in [0, 0.1) is 62.6 Å². The second-order valence-corrected chi connectivity index (χ2v) is 9.72. The maximum Gasteiger partial charge on any atom is 0.339 e. The molecule has 4 nitrogen and oxygen atoms in total. The van der Waals surface area contributed by atoms with Gasteiger partial charge in [-0.1, -0.05) is 12.1 Å². The molecule has 4 aromatic rings. The number of benzene rings is 4. The second kappa shape index (κ2) is 11.3. The van der Waals surface area contributed by atoms with E-state index in [1.54, 1.807) is 27.7 Å². The summed E-state index contributed by atoms with van der Waals surface area (Å²) >= 11 is 0. The quantitative estimate of drug-likeness (QED) is 0.134. The zero-order chi connectivity index (χ0) is 31.2. The summed E-state index contributed by atoms with van der Waals surface area (Å²) in [6.45, 7) is 6.56. The van der Waals surface area contributed by atoms with Crippen molar-refractivity contribution in [3.05, 3.63) is 105 Å². The smallest absolute Gasteiger partial charge is 0.339 e. The van der Waals surface area contributed by atoms with Crippen molar-refractivity contribution in [2.45, 2.75) is 27.7 Å². The molecule has 0 atom stereocenters. The van der Waals surface area contributed by atoms with E-state index in [2.05, 4.69) is 0 Å². The Kier molecular flexibility index (Phi) is 8.20. The van der Waals surface area contributed by atoms with Gasteiger partial charge in [-0.15, -0.1) is 0 Å². The number of hydrogen-bond donors (Lipinski definition) is 0. The van der Waals surface area contributed by atoms with Crippen molar-refractivity contribution >= 4 is 11.9 Å². The first-order valence-corrected chi connectivity index (χ1v) is 12.5. The standard InChI is InChI=1S/C32H24F6O4/c1-13-7-19(17-9-21(33)29(37)22(34)10-17)27(31(39)41-5)25(15(13)3)26-16(4)14(2)8-20(28(26)32(40)42-6)18-11-23(35)30(38)24(36)12-18/h7-12H,1-6H3. The Balaban J connectivity index is 2.26. The summed E-state index contributed by atoms with van der Waals surface area (Å²) in [6, 6.07) is 5.81. The van der Waals surface area contributed by atoms with Crippen molar-refractivity contribution in [2.75, 3.05) is 14.2 Å². The van der Waals surface area contributed by atoms with Crippen LogP contribution in [0.5, 0.6) is 0 Å². The van der Waals surface area contributed by atoms with Gasteiger partial charge >= 0.3 is 11.9 Å². The molecule has 0 amide bonds. The van der Waals surface area contributed by atoms with Crippen molar-refractivity contribution in [3.8, 4) is 33.4 Å². The monoisotopic (exact) mass is 586 g/mol. The average Bonchev–Trinajstić information content (AvgIpc) is 2.95. The molecule has 4 aromatic carbocycles. The van der Waals surface area contributed by atoms with Gasteiger partial charge in [0.2, 0.25) is 0 Å². The van der Waals surface area contributed by atoms with Gasteiger partial charge in [-0.2, -0.15) is 0 Å². The Labute approximate surface area is 237 Å². The molecule has 0 radical (unpaired) electrons. The lowest BCUT2D eigenvalue weighted by Crippen LogP contribution is -2.14. The lowest BCUT2D eigenvalue weighted by atomic mass is 9.79. The van der Waals surface area contributed by atoms with Gasteiger partial charge < -0.3 is 9.47 Å². The number of carbonyl (C=O) groups is 2. The van der Waals surface area contributed by atoms with Crippen LogP contribution < -0.4 is 0 Å². The van der Waals surface area contributed by atoms with Gasteiger partial charge in [0.15, 0.2) is 34.9 Å². The van der Waals surface area contributed by atoms with E-state index in [-0.39, 0.29) is 44.5 Å². The molecular weight excluding hydrogens is 562 g/mol. The van der Waals surface area contributed by atoms with Crippen molar-refractivity contribution < 1.29 is 45.4 Å². The molecule has 0 saturated carbocycles. The summed E-state index contributed by atoms with van der Waals surface area (Å²) in [4.78, 5) is 26.8. The predicted octanol–water partition coefficient (Wildman–Crippen LogP) is 8.33. The maximum absolute atomic E-state index is 14.3. The Morgan fingerprint density at radius 1 is 0.524 bits per heavy atom. The third-order valence-corrected chi connectivity index (χ3v) is 7.31. The van der Waals surface area contributed by atoms with Crippen LogP contribution in [0.1, 0.15) is 43.0 Å². The first-order valence-electron chi connectivity index (χ1n) is 12.5. The van der Waals surface area contributed by atoms with E-state index in [0.29, 0.717) is 22.3 Å². The van der Waals surface area contributed by atoms with Crippen LogP contribution in [-0.2, 0) is 9.47 Å². The van der Waals surface area contributed by atoms with Gasteiger partial charge in [-0.05, 0) is 96.5 Å². The molecule has 0 fully saturated rings. The SMILES string of the molecule is COC(=O)c1c(-c2cc(F)c(F)c(F)c2)cc(C)c(C)c1-c1c(C)c(C)cc(-c2cc(F)c(F)c(F)c2)c1C(=O)OC. The number of carbonyl (C=O) groups excluding carboxylic acids is 2. The highest BCUT2D eigenvalue weighted by Gasteiger charge is 2.31. The minimum atomic E-state index is -1.70. The highest BCUT2D eigenvalue weighted by molar-refractivity contribution is 6.11. The topological polar surface area (TPSA) is 52.6 Å². The van der Waals surface area contributed by atoms with Gasteiger partial charge in [-0.25, -0.2) is 35.9 Å². The normalized spacial score (nSPS) is 11.0. The number of esters is 2. The minimum Gasteiger partial charge on any atom is -0.465 e. The van der Waals surface area contributed by atoms with E-state index in [0.717, 1.165) is 38.5 Å². The van der Waals surface area contributed by atoms with Crippen LogP contribution in [0.25, 0.3) is 33.4 Å². The molecule has 0 N–H and O–H groups in total. The van der Waals surface area contributed by atoms with Gasteiger partial charge in [0.25, 0.3) is 0 Å². The van der Waals surface area contributed by atoms with E-state index in [9.17, 15) is 35.9 Å². The summed E-state index contributed by atoms with van der Waals surface area (Å²) in [6.07, 6.45) is 0. The maximum atomic E-state index is 14.3. The molecule has 42 heavy (non-hydrogen) atoms. The Bertz CT molecular complexity index is 1620. The molecule has 0 heterocycles. The highest BCUT2D eigenvalue weighted by atomic mass is 19.2. The van der Waals surface area contributed by atoms with Crippen molar-refractivity contribution in [1.29, 1.82) is 0 Å². The summed E-state index contributed by atoms with van der Waals surface area (Å²) in [5.74, 6) is -11.3. The third kappa shape index (κ3) is 5.01. The first kappa shape index (κ1) is 30.4. The summed E-state index contributed by atoms with van der Waals surface area (Å²) in [7, 11) is 2.16. The number of methoxy groups -OCH3 is 2. The van der Waals surface area contributed by atoms with E-state index in [1.807, 2.05) is 0 Å². The van der Waals surface area contributed by atoms with Crippen molar-refractivity contribution in [1.82, 2.24) is 0 Å². The molecule has 0 aliphatic heterocycles. The van der Waals surface area contributed by atoms with Crippen LogP contribution in [-0.4, -0.2) is 26.2 Å². The Hall–Kier alpha value is -4.60. The number of halogens is 6. The number of aryl methyl sites for hydroxylation is 2. The number of hydrogen-bond acceptors (Lipinski definition) is 4. The van der Waals surface area contributed by atoms with Crippen LogP contribution in [0.2, 0.25) is 0 Å². The van der Waals surface area contributed by atoms with Crippen molar-refractivity contribution in [3.63, 3.8) is 0 Å². The Morgan fingerprint density at radius 2 is 0.810 bits per heavy atom. The molecule has 10 heteroatoms. The van der Waals surface area contributed by atoms with E-state index in [4.69, 9.17) is 9.47 Å². The van der Waals surface area contributed by atoms with E-state index in [1.165, 1.54) is 12.1 Å². The second-order valence-electron chi connectivity index (χ2n) is 9.72. The average molecular weight is 587 g/mol. The lowest BCUT2D eigenvalue weighted by Gasteiger charge is -2.24. The van der Waals surface area contributed by atoms with E-state index >= 15 is 0 Å². The largest absolute Gasteiger partial charge is 0.465 e. The molecule has 0 spiro atoms. The predicted molar refractivity (Wildman–Crippen MR) is 144 cm³/mol. The van der Waals surface area contributed by atoms with Gasteiger partial charge in [-0.3, -0.25) is 0 Å². The molecule has 218 valence electrons. The Morgan fingerprint density at radius 3 is 1.07 bits per heavy atom. The number of ether oxygens (including phenoxy) is 2. The van der Waals surface area contributed by atoms with Crippen LogP contribution in [0.15, 0.2) is 36.4 Å². The van der Waals surface area contributed by atoms with Gasteiger partial charge in [0.1, 0.15) is 0 Å². The fourth-order valence-corrected chi connectivity index (χ4v) is 4.96. The molecule has 0 saturated heterocycles. The fourth-order valence-electron chi connectivity index (χ4n) is 4.96. The first-order chi connectivity index (χ1) is 19.7. The number of rotatable bonds is 5. The third-order valence-electron chi connectivity index (χ3n) is 7.31. The molecule has 0 bridgehead atoms. The van der Waals surface area contributed by atoms with Crippen molar-refractivity contribution in [2.24, 2.45) is 0 Å². The van der Waals surface area contributed by atoms with Gasteiger partial charge in [0.05, 0.1) is 25.3 Å². The zero-order valence-corrected chi connectivity index (χ0v) is 23.4.